The monoisotopic (exact) mass is 562 g/mol. The van der Waals surface area contributed by atoms with Crippen molar-refractivity contribution in [2.45, 2.75) is 26.7 Å². The molecule has 37 heavy (non-hydrogen) atoms. The van der Waals surface area contributed by atoms with Crippen molar-refractivity contribution < 1.29 is 19.1 Å². The highest BCUT2D eigenvalue weighted by molar-refractivity contribution is 9.10. The van der Waals surface area contributed by atoms with Crippen LogP contribution in [0.3, 0.4) is 0 Å². The molecule has 0 aliphatic rings. The van der Waals surface area contributed by atoms with Gasteiger partial charge in [0, 0.05) is 21.2 Å². The molecule has 0 unspecified atom stereocenters. The molecule has 3 N–H and O–H groups in total. The number of rotatable bonds is 8. The third-order valence-electron chi connectivity index (χ3n) is 5.57. The zero-order chi connectivity index (χ0) is 26.4. The minimum Gasteiger partial charge on any atom is -0.494 e. The molecule has 4 aromatic rings. The number of carbonyl (C=O) groups is 3. The van der Waals surface area contributed by atoms with Gasteiger partial charge in [-0.05, 0) is 79.6 Å². The summed E-state index contributed by atoms with van der Waals surface area (Å²) in [4.78, 5) is 38.7. The first-order chi connectivity index (χ1) is 17.8. The van der Waals surface area contributed by atoms with E-state index >= 15 is 0 Å². The lowest BCUT2D eigenvalue weighted by Gasteiger charge is -2.13. The maximum Gasteiger partial charge on any atom is 0.328 e. The van der Waals surface area contributed by atoms with Gasteiger partial charge in [0.2, 0.25) is 0 Å². The van der Waals surface area contributed by atoms with Gasteiger partial charge in [-0.1, -0.05) is 41.4 Å². The zero-order valence-electron chi connectivity index (χ0n) is 20.5. The highest BCUT2D eigenvalue weighted by Gasteiger charge is 2.21. The molecule has 3 aromatic carbocycles. The van der Waals surface area contributed by atoms with E-state index in [4.69, 9.17) is 4.74 Å². The zero-order valence-corrected chi connectivity index (χ0v) is 22.1. The number of fused-ring (bicyclic) bond motifs is 1. The van der Waals surface area contributed by atoms with Crippen molar-refractivity contribution in [3.05, 3.63) is 88.5 Å². The molecule has 0 atom stereocenters. The highest BCUT2D eigenvalue weighted by Crippen LogP contribution is 2.24. The minimum absolute atomic E-state index is 0.171. The van der Waals surface area contributed by atoms with Gasteiger partial charge < -0.3 is 15.4 Å². The molecule has 0 aliphatic heterocycles. The number of carbonyl (C=O) groups excluding carboxylic acids is 3. The van der Waals surface area contributed by atoms with Crippen LogP contribution in [0.25, 0.3) is 10.9 Å². The van der Waals surface area contributed by atoms with Crippen molar-refractivity contribution in [3.8, 4) is 5.75 Å². The van der Waals surface area contributed by atoms with E-state index in [9.17, 15) is 14.4 Å². The van der Waals surface area contributed by atoms with Gasteiger partial charge >= 0.3 is 11.8 Å². The number of hydrogen-bond acceptors (Lipinski definition) is 4. The smallest absolute Gasteiger partial charge is 0.328 e. The van der Waals surface area contributed by atoms with E-state index in [0.717, 1.165) is 22.9 Å². The van der Waals surface area contributed by atoms with Gasteiger partial charge in [0.1, 0.15) is 11.4 Å². The summed E-state index contributed by atoms with van der Waals surface area (Å²) in [5.74, 6) is -1.54. The van der Waals surface area contributed by atoms with E-state index in [1.54, 1.807) is 48.5 Å². The van der Waals surface area contributed by atoms with E-state index < -0.39 is 17.7 Å². The van der Waals surface area contributed by atoms with Crippen LogP contribution in [0, 0.1) is 6.92 Å². The summed E-state index contributed by atoms with van der Waals surface area (Å²) in [7, 11) is 0. The van der Waals surface area contributed by atoms with E-state index in [1.165, 1.54) is 4.68 Å². The lowest BCUT2D eigenvalue weighted by molar-refractivity contribution is -0.133. The summed E-state index contributed by atoms with van der Waals surface area (Å²) in [5, 5.41) is 6.13. The fourth-order valence-electron chi connectivity index (χ4n) is 3.70. The lowest BCUT2D eigenvalue weighted by Crippen LogP contribution is -2.36. The van der Waals surface area contributed by atoms with E-state index in [0.29, 0.717) is 34.6 Å². The van der Waals surface area contributed by atoms with Gasteiger partial charge in [-0.3, -0.25) is 19.8 Å². The second-order valence-electron chi connectivity index (χ2n) is 8.51. The molecule has 1 heterocycles. The molecular formula is C28H27BrN4O4. The molecule has 1 aromatic heterocycles. The third-order valence-corrected chi connectivity index (χ3v) is 6.06. The largest absolute Gasteiger partial charge is 0.494 e. The Morgan fingerprint density at radius 1 is 0.892 bits per heavy atom. The Labute approximate surface area is 223 Å². The molecule has 0 saturated carbocycles. The summed E-state index contributed by atoms with van der Waals surface area (Å²) >= 11 is 3.43. The van der Waals surface area contributed by atoms with Gasteiger partial charge in [0.25, 0.3) is 5.91 Å². The average molecular weight is 563 g/mol. The molecular weight excluding hydrogens is 536 g/mol. The number of nitrogens with one attached hydrogen (secondary N) is 3. The van der Waals surface area contributed by atoms with Gasteiger partial charge in [-0.2, -0.15) is 0 Å². The van der Waals surface area contributed by atoms with E-state index in [2.05, 4.69) is 38.9 Å². The Kier molecular flexibility index (Phi) is 8.25. The second-order valence-corrected chi connectivity index (χ2v) is 9.43. The second kappa shape index (κ2) is 11.7. The van der Waals surface area contributed by atoms with Gasteiger partial charge in [0.15, 0.2) is 0 Å². The molecule has 0 radical (unpaired) electrons. The van der Waals surface area contributed by atoms with Gasteiger partial charge in [0.05, 0.1) is 12.1 Å². The van der Waals surface area contributed by atoms with Gasteiger partial charge in [-0.25, -0.2) is 4.68 Å². The number of ether oxygens (including phenoxy) is 1. The standard InChI is InChI=1S/C28H27BrN4O4/c1-3-4-14-37-23-11-9-21(10-12-23)30-27(35)28(36)32-33-24-13-8-20(29)16-19(24)17-25(33)26(34)31-22-7-5-6-18(2)15-22/h5-13,15-17H,3-4,14H2,1-2H3,(H,30,35)(H,31,34)(H,32,36). The third kappa shape index (κ3) is 6.56. The van der Waals surface area contributed by atoms with Crippen LogP contribution in [0.5, 0.6) is 5.75 Å². The Morgan fingerprint density at radius 3 is 2.41 bits per heavy atom. The SMILES string of the molecule is CCCCOc1ccc(NC(=O)C(=O)Nn2c(C(=O)Nc3cccc(C)c3)cc3cc(Br)ccc32)cc1. The maximum absolute atomic E-state index is 13.2. The summed E-state index contributed by atoms with van der Waals surface area (Å²) in [5.41, 5.74) is 5.35. The highest BCUT2D eigenvalue weighted by atomic mass is 79.9. The number of nitrogens with zero attached hydrogens (tertiary/aromatic N) is 1. The van der Waals surface area contributed by atoms with Crippen LogP contribution in [0.4, 0.5) is 11.4 Å². The first-order valence-corrected chi connectivity index (χ1v) is 12.7. The molecule has 0 aliphatic carbocycles. The predicted molar refractivity (Wildman–Crippen MR) is 149 cm³/mol. The summed E-state index contributed by atoms with van der Waals surface area (Å²) in [6, 6.07) is 21.2. The van der Waals surface area contributed by atoms with Crippen LogP contribution < -0.4 is 20.8 Å². The molecule has 0 bridgehead atoms. The van der Waals surface area contributed by atoms with Crippen molar-refractivity contribution in [1.82, 2.24) is 4.68 Å². The molecule has 9 heteroatoms. The summed E-state index contributed by atoms with van der Waals surface area (Å²) < 4.78 is 7.75. The van der Waals surface area contributed by atoms with E-state index in [1.807, 2.05) is 31.2 Å². The van der Waals surface area contributed by atoms with Crippen LogP contribution in [0.15, 0.2) is 77.3 Å². The number of amides is 3. The van der Waals surface area contributed by atoms with Crippen LogP contribution in [0.1, 0.15) is 35.8 Å². The number of anilines is 2. The first kappa shape index (κ1) is 26.0. The number of halogens is 1. The van der Waals surface area contributed by atoms with Crippen LogP contribution >= 0.6 is 15.9 Å². The van der Waals surface area contributed by atoms with E-state index in [-0.39, 0.29) is 5.69 Å². The van der Waals surface area contributed by atoms with Crippen LogP contribution in [-0.2, 0) is 9.59 Å². The topological polar surface area (TPSA) is 101 Å². The van der Waals surface area contributed by atoms with Gasteiger partial charge in [-0.15, -0.1) is 0 Å². The number of aromatic nitrogens is 1. The minimum atomic E-state index is -0.923. The molecule has 0 saturated heterocycles. The van der Waals surface area contributed by atoms with Crippen molar-refractivity contribution in [2.75, 3.05) is 22.7 Å². The molecule has 3 amide bonds. The Balaban J connectivity index is 1.52. The summed E-state index contributed by atoms with van der Waals surface area (Å²) in [6.07, 6.45) is 1.99. The number of aryl methyl sites for hydroxylation is 1. The van der Waals surface area contributed by atoms with Crippen molar-refractivity contribution in [1.29, 1.82) is 0 Å². The molecule has 4 rings (SSSR count). The van der Waals surface area contributed by atoms with Crippen molar-refractivity contribution in [2.24, 2.45) is 0 Å². The number of unbranched alkanes of at least 4 members (excludes halogenated alkanes) is 1. The summed E-state index contributed by atoms with van der Waals surface area (Å²) in [6.45, 7) is 4.63. The number of hydrogen-bond donors (Lipinski definition) is 3. The predicted octanol–water partition coefficient (Wildman–Crippen LogP) is 5.85. The molecule has 0 fully saturated rings. The van der Waals surface area contributed by atoms with Crippen molar-refractivity contribution >= 4 is 55.9 Å². The Bertz CT molecular complexity index is 1450. The maximum atomic E-state index is 13.2. The Morgan fingerprint density at radius 2 is 1.68 bits per heavy atom. The Hall–Kier alpha value is -4.11. The van der Waals surface area contributed by atoms with Crippen molar-refractivity contribution in [3.63, 3.8) is 0 Å². The fraction of sp³-hybridized carbons (Fsp3) is 0.179. The van der Waals surface area contributed by atoms with Crippen LogP contribution in [-0.4, -0.2) is 29.0 Å². The van der Waals surface area contributed by atoms with Crippen LogP contribution in [0.2, 0.25) is 0 Å². The normalized spacial score (nSPS) is 10.7. The molecule has 8 nitrogen and oxygen atoms in total. The fourth-order valence-corrected chi connectivity index (χ4v) is 4.08. The lowest BCUT2D eigenvalue weighted by atomic mass is 10.2. The number of benzene rings is 3. The molecule has 190 valence electrons. The average Bonchev–Trinajstić information content (AvgIpc) is 3.22. The molecule has 0 spiro atoms. The quantitative estimate of drug-likeness (QED) is 0.185. The first-order valence-electron chi connectivity index (χ1n) is 11.9.